The number of carbonyl (C=O) groups is 2. The lowest BCUT2D eigenvalue weighted by Crippen LogP contribution is -2.51. The summed E-state index contributed by atoms with van der Waals surface area (Å²) < 4.78 is 18.5. The number of ether oxygens (including phenoxy) is 1. The molecule has 0 aromatic heterocycles. The summed E-state index contributed by atoms with van der Waals surface area (Å²) in [6.07, 6.45) is 0.830. The molecule has 128 valence electrons. The normalized spacial score (nSPS) is 11.9. The van der Waals surface area contributed by atoms with Crippen molar-refractivity contribution in [2.45, 2.75) is 46.1 Å². The number of amides is 1. The van der Waals surface area contributed by atoms with Crippen molar-refractivity contribution in [3.05, 3.63) is 30.1 Å². The van der Waals surface area contributed by atoms with E-state index in [1.54, 1.807) is 27.7 Å². The standard InChI is InChI=1S/C17H24FNO4/c1-5-17(6-2,15(21)22)11-19-14(20)16(3,4)23-13-9-7-12(18)8-10-13/h7-10H,5-6,11H2,1-4H3,(H,19,20)(H,21,22). The van der Waals surface area contributed by atoms with E-state index < -0.39 is 28.7 Å². The van der Waals surface area contributed by atoms with Crippen molar-refractivity contribution in [3.63, 3.8) is 0 Å². The Kier molecular flexibility index (Phi) is 6.12. The van der Waals surface area contributed by atoms with Crippen molar-refractivity contribution in [1.82, 2.24) is 5.32 Å². The molecule has 0 spiro atoms. The minimum Gasteiger partial charge on any atom is -0.481 e. The number of benzene rings is 1. The van der Waals surface area contributed by atoms with Crippen LogP contribution in [0, 0.1) is 11.2 Å². The van der Waals surface area contributed by atoms with Crippen molar-refractivity contribution < 1.29 is 23.8 Å². The quantitative estimate of drug-likeness (QED) is 0.770. The van der Waals surface area contributed by atoms with Crippen molar-refractivity contribution in [2.24, 2.45) is 5.41 Å². The molecule has 1 rings (SSSR count). The monoisotopic (exact) mass is 325 g/mol. The number of hydrogen-bond acceptors (Lipinski definition) is 3. The molecule has 0 aliphatic carbocycles. The fourth-order valence-electron chi connectivity index (χ4n) is 2.18. The number of carboxylic acid groups (broad SMARTS) is 1. The average molecular weight is 325 g/mol. The summed E-state index contributed by atoms with van der Waals surface area (Å²) in [4.78, 5) is 23.8. The molecular weight excluding hydrogens is 301 g/mol. The summed E-state index contributed by atoms with van der Waals surface area (Å²) >= 11 is 0. The molecule has 1 amide bonds. The Morgan fingerprint density at radius 2 is 1.70 bits per heavy atom. The highest BCUT2D eigenvalue weighted by atomic mass is 19.1. The van der Waals surface area contributed by atoms with E-state index in [2.05, 4.69) is 5.32 Å². The fourth-order valence-corrected chi connectivity index (χ4v) is 2.18. The van der Waals surface area contributed by atoms with E-state index in [1.807, 2.05) is 0 Å². The van der Waals surface area contributed by atoms with Crippen LogP contribution in [-0.4, -0.2) is 29.1 Å². The molecule has 1 aromatic rings. The molecule has 23 heavy (non-hydrogen) atoms. The zero-order valence-corrected chi connectivity index (χ0v) is 14.0. The number of halogens is 1. The van der Waals surface area contributed by atoms with Gasteiger partial charge in [-0.05, 0) is 51.0 Å². The number of rotatable bonds is 8. The van der Waals surface area contributed by atoms with Gasteiger partial charge in [-0.2, -0.15) is 0 Å². The van der Waals surface area contributed by atoms with Crippen LogP contribution in [0.2, 0.25) is 0 Å². The first-order valence-corrected chi connectivity index (χ1v) is 7.63. The second-order valence-corrected chi connectivity index (χ2v) is 6.04. The Balaban J connectivity index is 2.75. The number of nitrogens with one attached hydrogen (secondary N) is 1. The molecular formula is C17H24FNO4. The first-order valence-electron chi connectivity index (χ1n) is 7.63. The maximum absolute atomic E-state index is 12.9. The molecule has 0 heterocycles. The molecule has 0 fully saturated rings. The third-order valence-corrected chi connectivity index (χ3v) is 4.13. The number of aliphatic carboxylic acids is 1. The first kappa shape index (κ1) is 18.9. The average Bonchev–Trinajstić information content (AvgIpc) is 2.50. The highest BCUT2D eigenvalue weighted by Gasteiger charge is 2.37. The summed E-state index contributed by atoms with van der Waals surface area (Å²) in [5.41, 5.74) is -2.19. The molecule has 0 saturated carbocycles. The fraction of sp³-hybridized carbons (Fsp3) is 0.529. The van der Waals surface area contributed by atoms with Gasteiger partial charge in [0.05, 0.1) is 5.41 Å². The molecule has 0 unspecified atom stereocenters. The Bertz CT molecular complexity index is 550. The van der Waals surface area contributed by atoms with Crippen LogP contribution in [0.5, 0.6) is 5.75 Å². The minimum absolute atomic E-state index is 0.0321. The molecule has 1 aromatic carbocycles. The lowest BCUT2D eigenvalue weighted by molar-refractivity contribution is -0.150. The van der Waals surface area contributed by atoms with Gasteiger partial charge in [0.15, 0.2) is 5.60 Å². The Morgan fingerprint density at radius 3 is 2.13 bits per heavy atom. The summed E-state index contributed by atoms with van der Waals surface area (Å²) in [5.74, 6) is -1.38. The van der Waals surface area contributed by atoms with Crippen LogP contribution in [0.4, 0.5) is 4.39 Å². The van der Waals surface area contributed by atoms with Gasteiger partial charge in [0, 0.05) is 6.54 Å². The van der Waals surface area contributed by atoms with E-state index in [1.165, 1.54) is 24.3 Å². The smallest absolute Gasteiger partial charge is 0.311 e. The molecule has 5 nitrogen and oxygen atoms in total. The first-order chi connectivity index (χ1) is 10.7. The lowest BCUT2D eigenvalue weighted by Gasteiger charge is -2.30. The summed E-state index contributed by atoms with van der Waals surface area (Å²) in [7, 11) is 0. The number of carbonyl (C=O) groups excluding carboxylic acids is 1. The summed E-state index contributed by atoms with van der Waals surface area (Å²) in [6, 6.07) is 5.36. The van der Waals surface area contributed by atoms with E-state index in [0.29, 0.717) is 18.6 Å². The van der Waals surface area contributed by atoms with Crippen LogP contribution >= 0.6 is 0 Å². The van der Waals surface area contributed by atoms with Crippen LogP contribution < -0.4 is 10.1 Å². The Hall–Kier alpha value is -2.11. The number of hydrogen-bond donors (Lipinski definition) is 2. The second-order valence-electron chi connectivity index (χ2n) is 6.04. The zero-order chi connectivity index (χ0) is 17.7. The molecule has 0 aliphatic rings. The molecule has 0 saturated heterocycles. The SMILES string of the molecule is CCC(CC)(CNC(=O)C(C)(C)Oc1ccc(F)cc1)C(=O)O. The molecule has 0 bridgehead atoms. The minimum atomic E-state index is -1.20. The van der Waals surface area contributed by atoms with E-state index in [0.717, 1.165) is 0 Å². The molecule has 2 N–H and O–H groups in total. The van der Waals surface area contributed by atoms with Crippen molar-refractivity contribution in [2.75, 3.05) is 6.54 Å². The van der Waals surface area contributed by atoms with Crippen LogP contribution in [-0.2, 0) is 9.59 Å². The van der Waals surface area contributed by atoms with Gasteiger partial charge >= 0.3 is 5.97 Å². The maximum atomic E-state index is 12.9. The molecule has 0 radical (unpaired) electrons. The van der Waals surface area contributed by atoms with E-state index in [-0.39, 0.29) is 6.54 Å². The number of carboxylic acids is 1. The lowest BCUT2D eigenvalue weighted by atomic mass is 9.82. The van der Waals surface area contributed by atoms with Crippen molar-refractivity contribution in [1.29, 1.82) is 0 Å². The molecule has 0 aliphatic heterocycles. The summed E-state index contributed by atoms with van der Waals surface area (Å²) in [5, 5.41) is 12.0. The van der Waals surface area contributed by atoms with Gasteiger partial charge in [-0.3, -0.25) is 9.59 Å². The van der Waals surface area contributed by atoms with Gasteiger partial charge in [0.2, 0.25) is 0 Å². The largest absolute Gasteiger partial charge is 0.481 e. The van der Waals surface area contributed by atoms with Crippen molar-refractivity contribution in [3.8, 4) is 5.75 Å². The zero-order valence-electron chi connectivity index (χ0n) is 14.0. The van der Waals surface area contributed by atoms with Gasteiger partial charge in [0.1, 0.15) is 11.6 Å². The third-order valence-electron chi connectivity index (χ3n) is 4.13. The van der Waals surface area contributed by atoms with Gasteiger partial charge < -0.3 is 15.2 Å². The van der Waals surface area contributed by atoms with Gasteiger partial charge in [-0.15, -0.1) is 0 Å². The van der Waals surface area contributed by atoms with Gasteiger partial charge in [0.25, 0.3) is 5.91 Å². The van der Waals surface area contributed by atoms with Crippen molar-refractivity contribution >= 4 is 11.9 Å². The maximum Gasteiger partial charge on any atom is 0.311 e. The predicted molar refractivity (Wildman–Crippen MR) is 84.8 cm³/mol. The molecule has 6 heteroatoms. The van der Waals surface area contributed by atoms with Crippen LogP contribution in [0.3, 0.4) is 0 Å². The van der Waals surface area contributed by atoms with E-state index >= 15 is 0 Å². The van der Waals surface area contributed by atoms with E-state index in [4.69, 9.17) is 4.74 Å². The van der Waals surface area contributed by atoms with Crippen LogP contribution in [0.1, 0.15) is 40.5 Å². The van der Waals surface area contributed by atoms with E-state index in [9.17, 15) is 19.1 Å². The predicted octanol–water partition coefficient (Wildman–Crippen LogP) is 2.99. The van der Waals surface area contributed by atoms with Crippen LogP contribution in [0.15, 0.2) is 24.3 Å². The van der Waals surface area contributed by atoms with Gasteiger partial charge in [-0.25, -0.2) is 4.39 Å². The summed E-state index contributed by atoms with van der Waals surface area (Å²) in [6.45, 7) is 6.75. The second kappa shape index (κ2) is 7.44. The van der Waals surface area contributed by atoms with Gasteiger partial charge in [-0.1, -0.05) is 13.8 Å². The Labute approximate surface area is 135 Å². The van der Waals surface area contributed by atoms with Crippen LogP contribution in [0.25, 0.3) is 0 Å². The highest BCUT2D eigenvalue weighted by Crippen LogP contribution is 2.26. The third kappa shape index (κ3) is 4.68. The highest BCUT2D eigenvalue weighted by molar-refractivity contribution is 5.85. The topological polar surface area (TPSA) is 75.6 Å². The molecule has 0 atom stereocenters. The Morgan fingerprint density at radius 1 is 1.17 bits per heavy atom.